The van der Waals surface area contributed by atoms with E-state index in [1.54, 1.807) is 0 Å². The third kappa shape index (κ3) is 3.49. The number of ether oxygens (including phenoxy) is 1. The largest absolute Gasteiger partial charge is 0.444 e. The van der Waals surface area contributed by atoms with Crippen LogP contribution in [-0.4, -0.2) is 17.7 Å². The van der Waals surface area contributed by atoms with Gasteiger partial charge in [0.2, 0.25) is 0 Å². The van der Waals surface area contributed by atoms with Crippen molar-refractivity contribution in [2.45, 2.75) is 51.2 Å². The minimum Gasteiger partial charge on any atom is -0.444 e. The summed E-state index contributed by atoms with van der Waals surface area (Å²) in [5, 5.41) is 2.91. The summed E-state index contributed by atoms with van der Waals surface area (Å²) < 4.78 is 5.23. The molecule has 0 aromatic heterocycles. The van der Waals surface area contributed by atoms with Gasteiger partial charge in [0.05, 0.1) is 0 Å². The maximum Gasteiger partial charge on any atom is 0.407 e. The van der Waals surface area contributed by atoms with Gasteiger partial charge in [0.15, 0.2) is 0 Å². The second-order valence-electron chi connectivity index (χ2n) is 5.92. The Kier molecular flexibility index (Phi) is 3.60. The number of alkyl carbamates (subject to hydrolysis) is 1. The molecule has 0 saturated heterocycles. The minimum absolute atomic E-state index is 0.255. The molecule has 0 atom stereocenters. The lowest BCUT2D eigenvalue weighted by Crippen LogP contribution is -2.45. The summed E-state index contributed by atoms with van der Waals surface area (Å²) in [6, 6.07) is 10.7. The van der Waals surface area contributed by atoms with Gasteiger partial charge < -0.3 is 10.1 Å². The van der Waals surface area contributed by atoms with Gasteiger partial charge in [-0.2, -0.15) is 0 Å². The average molecular weight is 247 g/mol. The molecule has 1 saturated carbocycles. The van der Waals surface area contributed by atoms with E-state index in [0.29, 0.717) is 5.92 Å². The van der Waals surface area contributed by atoms with Crippen LogP contribution in [-0.2, 0) is 4.74 Å². The van der Waals surface area contributed by atoms with Gasteiger partial charge in [-0.3, -0.25) is 0 Å². The van der Waals surface area contributed by atoms with E-state index < -0.39 is 5.60 Å². The van der Waals surface area contributed by atoms with Gasteiger partial charge in [-0.1, -0.05) is 30.3 Å². The molecule has 3 heteroatoms. The van der Waals surface area contributed by atoms with E-state index in [0.717, 1.165) is 12.8 Å². The van der Waals surface area contributed by atoms with Crippen molar-refractivity contribution < 1.29 is 9.53 Å². The zero-order valence-corrected chi connectivity index (χ0v) is 11.3. The molecule has 0 aliphatic heterocycles. The highest BCUT2D eigenvalue weighted by molar-refractivity contribution is 5.68. The predicted molar refractivity (Wildman–Crippen MR) is 71.6 cm³/mol. The Morgan fingerprint density at radius 1 is 1.22 bits per heavy atom. The first-order valence-electron chi connectivity index (χ1n) is 6.48. The van der Waals surface area contributed by atoms with E-state index in [1.165, 1.54) is 5.56 Å². The molecule has 0 unspecified atom stereocenters. The molecule has 1 aromatic rings. The van der Waals surface area contributed by atoms with Crippen LogP contribution in [0, 0.1) is 0 Å². The molecular weight excluding hydrogens is 226 g/mol. The summed E-state index contributed by atoms with van der Waals surface area (Å²) in [6.07, 6.45) is 1.70. The second-order valence-corrected chi connectivity index (χ2v) is 5.92. The number of hydrogen-bond donors (Lipinski definition) is 1. The highest BCUT2D eigenvalue weighted by Crippen LogP contribution is 2.36. The number of benzene rings is 1. The second kappa shape index (κ2) is 5.01. The monoisotopic (exact) mass is 247 g/mol. The van der Waals surface area contributed by atoms with Crippen LogP contribution in [0.15, 0.2) is 30.3 Å². The summed E-state index contributed by atoms with van der Waals surface area (Å²) in [5.41, 5.74) is 0.937. The van der Waals surface area contributed by atoms with Crippen LogP contribution in [0.25, 0.3) is 0 Å². The van der Waals surface area contributed by atoms with Gasteiger partial charge in [-0.25, -0.2) is 4.79 Å². The van der Waals surface area contributed by atoms with E-state index in [-0.39, 0.29) is 12.1 Å². The third-order valence-corrected chi connectivity index (χ3v) is 3.13. The molecule has 1 aromatic carbocycles. The lowest BCUT2D eigenvalue weighted by Gasteiger charge is -2.36. The third-order valence-electron chi connectivity index (χ3n) is 3.13. The van der Waals surface area contributed by atoms with Crippen LogP contribution in [0.2, 0.25) is 0 Å². The number of hydrogen-bond acceptors (Lipinski definition) is 2. The van der Waals surface area contributed by atoms with Crippen LogP contribution < -0.4 is 5.32 Å². The summed E-state index contributed by atoms with van der Waals surface area (Å²) in [7, 11) is 0. The zero-order valence-electron chi connectivity index (χ0n) is 11.3. The first-order chi connectivity index (χ1) is 8.44. The Balaban J connectivity index is 1.75. The van der Waals surface area contributed by atoms with E-state index >= 15 is 0 Å². The molecule has 1 amide bonds. The molecule has 2 rings (SSSR count). The highest BCUT2D eigenvalue weighted by atomic mass is 16.6. The molecule has 1 N–H and O–H groups in total. The van der Waals surface area contributed by atoms with E-state index in [1.807, 2.05) is 26.8 Å². The molecule has 0 spiro atoms. The van der Waals surface area contributed by atoms with Crippen LogP contribution >= 0.6 is 0 Å². The Hall–Kier alpha value is -1.51. The quantitative estimate of drug-likeness (QED) is 0.869. The molecule has 1 aliphatic carbocycles. The Bertz CT molecular complexity index is 402. The van der Waals surface area contributed by atoms with Gasteiger partial charge in [0.25, 0.3) is 0 Å². The van der Waals surface area contributed by atoms with E-state index in [2.05, 4.69) is 29.6 Å². The molecule has 0 radical (unpaired) electrons. The fourth-order valence-electron chi connectivity index (χ4n) is 2.21. The van der Waals surface area contributed by atoms with Crippen molar-refractivity contribution >= 4 is 6.09 Å². The van der Waals surface area contributed by atoms with Gasteiger partial charge in [0.1, 0.15) is 5.60 Å². The predicted octanol–water partition coefficient (Wildman–Crippen LogP) is 3.46. The molecular formula is C15H21NO2. The van der Waals surface area contributed by atoms with Crippen LogP contribution in [0.1, 0.15) is 45.1 Å². The highest BCUT2D eigenvalue weighted by Gasteiger charge is 2.32. The summed E-state index contributed by atoms with van der Waals surface area (Å²) in [4.78, 5) is 11.6. The maximum atomic E-state index is 11.6. The first-order valence-corrected chi connectivity index (χ1v) is 6.48. The normalized spacial score (nSPS) is 23.1. The van der Waals surface area contributed by atoms with Gasteiger partial charge in [-0.05, 0) is 45.1 Å². The van der Waals surface area contributed by atoms with Crippen LogP contribution in [0.5, 0.6) is 0 Å². The summed E-state index contributed by atoms with van der Waals surface area (Å²) in [6.45, 7) is 5.63. The van der Waals surface area contributed by atoms with Crippen molar-refractivity contribution in [1.82, 2.24) is 5.32 Å². The van der Waals surface area contributed by atoms with Gasteiger partial charge in [0, 0.05) is 6.04 Å². The number of amides is 1. The van der Waals surface area contributed by atoms with Gasteiger partial charge >= 0.3 is 6.09 Å². The van der Waals surface area contributed by atoms with E-state index in [9.17, 15) is 4.79 Å². The van der Waals surface area contributed by atoms with Crippen LogP contribution in [0.4, 0.5) is 4.79 Å². The van der Waals surface area contributed by atoms with Crippen molar-refractivity contribution in [2.75, 3.05) is 0 Å². The average Bonchev–Trinajstić information content (AvgIpc) is 2.21. The number of nitrogens with one attached hydrogen (secondary N) is 1. The lowest BCUT2D eigenvalue weighted by atomic mass is 9.76. The molecule has 0 bridgehead atoms. The molecule has 1 aliphatic rings. The summed E-state index contributed by atoms with van der Waals surface area (Å²) in [5.74, 6) is 0.575. The zero-order chi connectivity index (χ0) is 13.2. The van der Waals surface area contributed by atoms with Crippen molar-refractivity contribution in [2.24, 2.45) is 0 Å². The molecule has 18 heavy (non-hydrogen) atoms. The fraction of sp³-hybridized carbons (Fsp3) is 0.533. The Morgan fingerprint density at radius 2 is 1.83 bits per heavy atom. The first kappa shape index (κ1) is 12.9. The maximum absolute atomic E-state index is 11.6. The van der Waals surface area contributed by atoms with Crippen molar-refractivity contribution in [3.63, 3.8) is 0 Å². The SMILES string of the molecule is CC(C)(C)OC(=O)NC1CC(c2ccccc2)C1. The molecule has 0 heterocycles. The van der Waals surface area contributed by atoms with Crippen LogP contribution in [0.3, 0.4) is 0 Å². The molecule has 3 nitrogen and oxygen atoms in total. The fourth-order valence-corrected chi connectivity index (χ4v) is 2.21. The minimum atomic E-state index is -0.424. The van der Waals surface area contributed by atoms with Gasteiger partial charge in [-0.15, -0.1) is 0 Å². The van der Waals surface area contributed by atoms with E-state index in [4.69, 9.17) is 4.74 Å². The topological polar surface area (TPSA) is 38.3 Å². The number of carbonyl (C=O) groups excluding carboxylic acids is 1. The number of rotatable bonds is 2. The lowest BCUT2D eigenvalue weighted by molar-refractivity contribution is 0.0471. The Labute approximate surface area is 109 Å². The van der Waals surface area contributed by atoms with Crippen molar-refractivity contribution in [1.29, 1.82) is 0 Å². The smallest absolute Gasteiger partial charge is 0.407 e. The van der Waals surface area contributed by atoms with Crippen molar-refractivity contribution in [3.8, 4) is 0 Å². The standard InChI is InChI=1S/C15H21NO2/c1-15(2,3)18-14(17)16-13-9-12(10-13)11-7-5-4-6-8-11/h4-8,12-13H,9-10H2,1-3H3,(H,16,17). The molecule has 98 valence electrons. The molecule has 1 fully saturated rings. The number of carbonyl (C=O) groups is 1. The summed E-state index contributed by atoms with van der Waals surface area (Å²) >= 11 is 0. The Morgan fingerprint density at radius 3 is 2.39 bits per heavy atom. The van der Waals surface area contributed by atoms with Crippen molar-refractivity contribution in [3.05, 3.63) is 35.9 Å².